The molecule has 5 heteroatoms. The lowest BCUT2D eigenvalue weighted by Crippen LogP contribution is -2.38. The second-order valence-corrected chi connectivity index (χ2v) is 4.66. The SMILES string of the molecule is CCNC1CCN(c2cnn(C(C)C)c2)C1=O. The summed E-state index contributed by atoms with van der Waals surface area (Å²) >= 11 is 0. The summed E-state index contributed by atoms with van der Waals surface area (Å²) in [5.74, 6) is 0.162. The third kappa shape index (κ3) is 2.34. The molecule has 1 amide bonds. The van der Waals surface area contributed by atoms with Gasteiger partial charge in [-0.05, 0) is 26.8 Å². The van der Waals surface area contributed by atoms with Crippen LogP contribution >= 0.6 is 0 Å². The van der Waals surface area contributed by atoms with Crippen LogP contribution in [0.1, 0.15) is 33.2 Å². The predicted molar refractivity (Wildman–Crippen MR) is 67.0 cm³/mol. The highest BCUT2D eigenvalue weighted by Gasteiger charge is 2.32. The van der Waals surface area contributed by atoms with Gasteiger partial charge in [0.25, 0.3) is 0 Å². The summed E-state index contributed by atoms with van der Waals surface area (Å²) in [6.45, 7) is 7.77. The molecule has 5 nitrogen and oxygen atoms in total. The van der Waals surface area contributed by atoms with Crippen LogP contribution in [0.4, 0.5) is 5.69 Å². The van der Waals surface area contributed by atoms with Gasteiger partial charge in [0.1, 0.15) is 0 Å². The molecular weight excluding hydrogens is 216 g/mol. The first-order chi connectivity index (χ1) is 8.13. The lowest BCUT2D eigenvalue weighted by atomic mass is 10.2. The van der Waals surface area contributed by atoms with Crippen molar-refractivity contribution in [2.45, 2.75) is 39.3 Å². The molecule has 1 aliphatic rings. The molecule has 0 aliphatic carbocycles. The first kappa shape index (κ1) is 12.1. The molecule has 1 N–H and O–H groups in total. The molecule has 2 heterocycles. The third-order valence-electron chi connectivity index (χ3n) is 3.08. The zero-order valence-electron chi connectivity index (χ0n) is 10.7. The quantitative estimate of drug-likeness (QED) is 0.854. The van der Waals surface area contributed by atoms with E-state index in [-0.39, 0.29) is 11.9 Å². The molecule has 1 aromatic heterocycles. The number of amides is 1. The van der Waals surface area contributed by atoms with Gasteiger partial charge >= 0.3 is 0 Å². The lowest BCUT2D eigenvalue weighted by molar-refractivity contribution is -0.118. The minimum atomic E-state index is -0.0256. The first-order valence-corrected chi connectivity index (χ1v) is 6.22. The summed E-state index contributed by atoms with van der Waals surface area (Å²) in [5, 5.41) is 7.47. The maximum Gasteiger partial charge on any atom is 0.244 e. The Morgan fingerprint density at radius 1 is 1.59 bits per heavy atom. The smallest absolute Gasteiger partial charge is 0.244 e. The molecule has 2 rings (SSSR count). The minimum Gasteiger partial charge on any atom is -0.308 e. The van der Waals surface area contributed by atoms with Gasteiger partial charge in [-0.3, -0.25) is 9.48 Å². The van der Waals surface area contributed by atoms with Crippen LogP contribution in [0, 0.1) is 0 Å². The van der Waals surface area contributed by atoms with Crippen molar-refractivity contribution in [3.8, 4) is 0 Å². The maximum atomic E-state index is 12.1. The Balaban J connectivity index is 2.10. The molecule has 1 atom stereocenters. The van der Waals surface area contributed by atoms with Gasteiger partial charge in [-0.25, -0.2) is 0 Å². The number of nitrogens with one attached hydrogen (secondary N) is 1. The second kappa shape index (κ2) is 4.87. The number of carbonyl (C=O) groups is 1. The molecule has 0 aromatic carbocycles. The summed E-state index contributed by atoms with van der Waals surface area (Å²) in [6.07, 6.45) is 4.59. The number of nitrogens with zero attached hydrogens (tertiary/aromatic N) is 3. The van der Waals surface area contributed by atoms with E-state index in [1.807, 2.05) is 22.7 Å². The van der Waals surface area contributed by atoms with Crippen LogP contribution in [-0.4, -0.2) is 34.8 Å². The fourth-order valence-corrected chi connectivity index (χ4v) is 2.12. The van der Waals surface area contributed by atoms with Crippen LogP contribution in [0.2, 0.25) is 0 Å². The van der Waals surface area contributed by atoms with Crippen molar-refractivity contribution in [1.29, 1.82) is 0 Å². The highest BCUT2D eigenvalue weighted by Crippen LogP contribution is 2.21. The Bertz CT molecular complexity index is 399. The van der Waals surface area contributed by atoms with E-state index in [4.69, 9.17) is 0 Å². The average Bonchev–Trinajstić information content (AvgIpc) is 2.87. The molecule has 1 aliphatic heterocycles. The van der Waals surface area contributed by atoms with Crippen molar-refractivity contribution in [2.75, 3.05) is 18.0 Å². The fraction of sp³-hybridized carbons (Fsp3) is 0.667. The van der Waals surface area contributed by atoms with Gasteiger partial charge in [-0.15, -0.1) is 0 Å². The number of hydrogen-bond donors (Lipinski definition) is 1. The molecule has 0 spiro atoms. The van der Waals surface area contributed by atoms with Gasteiger partial charge in [0.15, 0.2) is 0 Å². The number of aromatic nitrogens is 2. The standard InChI is InChI=1S/C12H20N4O/c1-4-13-11-5-6-15(12(11)17)10-7-14-16(8-10)9(2)3/h7-9,11,13H,4-6H2,1-3H3. The highest BCUT2D eigenvalue weighted by molar-refractivity contribution is 5.99. The van der Waals surface area contributed by atoms with Gasteiger partial charge < -0.3 is 10.2 Å². The molecule has 0 bridgehead atoms. The molecule has 17 heavy (non-hydrogen) atoms. The largest absolute Gasteiger partial charge is 0.308 e. The summed E-state index contributed by atoms with van der Waals surface area (Å²) in [5.41, 5.74) is 0.907. The Morgan fingerprint density at radius 3 is 2.94 bits per heavy atom. The highest BCUT2D eigenvalue weighted by atomic mass is 16.2. The predicted octanol–water partition coefficient (Wildman–Crippen LogP) is 1.18. The molecular formula is C12H20N4O. The number of likely N-dealkylation sites (N-methyl/N-ethyl adjacent to an activating group) is 1. The van der Waals surface area contributed by atoms with Crippen LogP contribution in [-0.2, 0) is 4.79 Å². The Morgan fingerprint density at radius 2 is 2.35 bits per heavy atom. The molecule has 1 fully saturated rings. The van der Waals surface area contributed by atoms with E-state index in [1.165, 1.54) is 0 Å². The zero-order valence-corrected chi connectivity index (χ0v) is 10.7. The van der Waals surface area contributed by atoms with Crippen molar-refractivity contribution in [2.24, 2.45) is 0 Å². The van der Waals surface area contributed by atoms with E-state index in [9.17, 15) is 4.79 Å². The number of rotatable bonds is 4. The van der Waals surface area contributed by atoms with E-state index < -0.39 is 0 Å². The molecule has 1 saturated heterocycles. The lowest BCUT2D eigenvalue weighted by Gasteiger charge is -2.14. The normalized spacial score (nSPS) is 20.6. The van der Waals surface area contributed by atoms with Gasteiger partial charge in [0.05, 0.1) is 17.9 Å². The summed E-state index contributed by atoms with van der Waals surface area (Å²) in [6, 6.07) is 0.299. The van der Waals surface area contributed by atoms with Gasteiger partial charge in [-0.1, -0.05) is 6.92 Å². The second-order valence-electron chi connectivity index (χ2n) is 4.66. The number of hydrogen-bond acceptors (Lipinski definition) is 3. The molecule has 1 aromatic rings. The monoisotopic (exact) mass is 236 g/mol. The molecule has 94 valence electrons. The topological polar surface area (TPSA) is 50.2 Å². The van der Waals surface area contributed by atoms with Crippen LogP contribution in [0.25, 0.3) is 0 Å². The van der Waals surface area contributed by atoms with Crippen molar-refractivity contribution in [3.05, 3.63) is 12.4 Å². The van der Waals surface area contributed by atoms with Gasteiger partial charge in [0.2, 0.25) is 5.91 Å². The van der Waals surface area contributed by atoms with Crippen LogP contribution in [0.3, 0.4) is 0 Å². The van der Waals surface area contributed by atoms with Gasteiger partial charge in [0, 0.05) is 18.8 Å². The van der Waals surface area contributed by atoms with E-state index in [2.05, 4.69) is 24.3 Å². The average molecular weight is 236 g/mol. The van der Waals surface area contributed by atoms with E-state index in [0.29, 0.717) is 6.04 Å². The summed E-state index contributed by atoms with van der Waals surface area (Å²) in [4.78, 5) is 13.9. The Hall–Kier alpha value is -1.36. The first-order valence-electron chi connectivity index (χ1n) is 6.22. The Labute approximate surface area is 102 Å². The van der Waals surface area contributed by atoms with Crippen molar-refractivity contribution < 1.29 is 4.79 Å². The number of carbonyl (C=O) groups excluding carboxylic acids is 1. The summed E-state index contributed by atoms with van der Waals surface area (Å²) < 4.78 is 1.88. The third-order valence-corrected chi connectivity index (χ3v) is 3.08. The maximum absolute atomic E-state index is 12.1. The van der Waals surface area contributed by atoms with E-state index >= 15 is 0 Å². The number of anilines is 1. The van der Waals surface area contributed by atoms with Crippen LogP contribution in [0.5, 0.6) is 0 Å². The van der Waals surface area contributed by atoms with Crippen molar-refractivity contribution in [3.63, 3.8) is 0 Å². The van der Waals surface area contributed by atoms with E-state index in [0.717, 1.165) is 25.2 Å². The van der Waals surface area contributed by atoms with Gasteiger partial charge in [-0.2, -0.15) is 5.10 Å². The fourth-order valence-electron chi connectivity index (χ4n) is 2.12. The van der Waals surface area contributed by atoms with E-state index in [1.54, 1.807) is 6.20 Å². The van der Waals surface area contributed by atoms with Crippen molar-refractivity contribution >= 4 is 11.6 Å². The molecule has 0 radical (unpaired) electrons. The Kier molecular flexibility index (Phi) is 3.47. The van der Waals surface area contributed by atoms with Crippen LogP contribution in [0.15, 0.2) is 12.4 Å². The molecule has 0 saturated carbocycles. The van der Waals surface area contributed by atoms with Crippen LogP contribution < -0.4 is 10.2 Å². The minimum absolute atomic E-state index is 0.0256. The summed E-state index contributed by atoms with van der Waals surface area (Å²) in [7, 11) is 0. The van der Waals surface area contributed by atoms with Crippen molar-refractivity contribution in [1.82, 2.24) is 15.1 Å². The molecule has 1 unspecified atom stereocenters. The zero-order chi connectivity index (χ0) is 12.4.